The highest BCUT2D eigenvalue weighted by atomic mass is 35.5. The number of pyridine rings is 1. The van der Waals surface area contributed by atoms with Crippen LogP contribution in [0.2, 0.25) is 5.02 Å². The van der Waals surface area contributed by atoms with Gasteiger partial charge in [-0.2, -0.15) is 11.8 Å². The molecule has 1 aliphatic carbocycles. The molecule has 0 radical (unpaired) electrons. The van der Waals surface area contributed by atoms with Crippen LogP contribution in [0, 0.1) is 0 Å². The predicted molar refractivity (Wildman–Crippen MR) is 127 cm³/mol. The molecule has 2 aromatic rings. The van der Waals surface area contributed by atoms with Crippen LogP contribution in [-0.4, -0.2) is 39.1 Å². The van der Waals surface area contributed by atoms with E-state index in [0.717, 1.165) is 16.5 Å². The minimum atomic E-state index is -0.00858. The monoisotopic (exact) mass is 448 g/mol. The minimum Gasteiger partial charge on any atom is -0.337 e. The normalized spacial score (nSPS) is 20.2. The zero-order valence-corrected chi connectivity index (χ0v) is 19.5. The van der Waals surface area contributed by atoms with Crippen LogP contribution in [0.4, 0.5) is 0 Å². The molecule has 0 saturated heterocycles. The highest BCUT2D eigenvalue weighted by Crippen LogP contribution is 2.38. The molecule has 156 valence electrons. The molecule has 1 fully saturated rings. The highest BCUT2D eigenvalue weighted by molar-refractivity contribution is 8.03. The number of nitrogens with zero attached hydrogens (tertiary/aromatic N) is 2. The van der Waals surface area contributed by atoms with Crippen LogP contribution in [0.3, 0.4) is 0 Å². The molecule has 1 aromatic carbocycles. The molecule has 1 aliphatic rings. The molecule has 1 amide bonds. The summed E-state index contributed by atoms with van der Waals surface area (Å²) in [6.45, 7) is 2.04. The van der Waals surface area contributed by atoms with E-state index in [2.05, 4.69) is 17.1 Å². The summed E-state index contributed by atoms with van der Waals surface area (Å²) in [4.78, 5) is 19.0. The third-order valence-electron chi connectivity index (χ3n) is 5.53. The molecule has 3 nitrogen and oxygen atoms in total. The first-order chi connectivity index (χ1) is 14.0. The minimum absolute atomic E-state index is 0.00858. The lowest BCUT2D eigenvalue weighted by atomic mass is 10.00. The summed E-state index contributed by atoms with van der Waals surface area (Å²) < 4.78 is 0. The van der Waals surface area contributed by atoms with Crippen LogP contribution in [0.15, 0.2) is 48.7 Å². The van der Waals surface area contributed by atoms with Crippen molar-refractivity contribution in [2.24, 2.45) is 0 Å². The zero-order chi connectivity index (χ0) is 20.6. The Labute approximate surface area is 188 Å². The first kappa shape index (κ1) is 22.5. The van der Waals surface area contributed by atoms with Crippen LogP contribution >= 0.6 is 35.1 Å². The van der Waals surface area contributed by atoms with Crippen molar-refractivity contribution in [2.45, 2.75) is 54.9 Å². The van der Waals surface area contributed by atoms with Gasteiger partial charge in [0.15, 0.2) is 0 Å². The lowest BCUT2D eigenvalue weighted by molar-refractivity contribution is -0.129. The van der Waals surface area contributed by atoms with Gasteiger partial charge in [-0.3, -0.25) is 9.78 Å². The van der Waals surface area contributed by atoms with Gasteiger partial charge in [0.2, 0.25) is 5.91 Å². The molecule has 6 heteroatoms. The summed E-state index contributed by atoms with van der Waals surface area (Å²) >= 11 is 9.86. The largest absolute Gasteiger partial charge is 0.337 e. The Morgan fingerprint density at radius 3 is 2.48 bits per heavy atom. The maximum absolute atomic E-state index is 12.8. The van der Waals surface area contributed by atoms with Crippen LogP contribution in [0.1, 0.15) is 49.9 Å². The fourth-order valence-corrected chi connectivity index (χ4v) is 6.67. The molecule has 1 heterocycles. The highest BCUT2D eigenvalue weighted by Gasteiger charge is 2.27. The summed E-state index contributed by atoms with van der Waals surface area (Å²) in [6, 6.07) is 14.0. The summed E-state index contributed by atoms with van der Waals surface area (Å²) in [5.41, 5.74) is 2.25. The van der Waals surface area contributed by atoms with Crippen LogP contribution in [-0.2, 0) is 10.5 Å². The number of hydrogen-bond acceptors (Lipinski definition) is 4. The summed E-state index contributed by atoms with van der Waals surface area (Å²) in [6.07, 6.45) is 6.79. The van der Waals surface area contributed by atoms with Crippen molar-refractivity contribution in [1.29, 1.82) is 0 Å². The van der Waals surface area contributed by atoms with Crippen LogP contribution in [0.5, 0.6) is 0 Å². The Bertz CT molecular complexity index is 772. The first-order valence-electron chi connectivity index (χ1n) is 10.2. The number of rotatable bonds is 8. The van der Waals surface area contributed by atoms with E-state index in [-0.39, 0.29) is 11.9 Å². The zero-order valence-electron chi connectivity index (χ0n) is 17.1. The lowest BCUT2D eigenvalue weighted by Crippen LogP contribution is -2.33. The molecule has 0 aliphatic heterocycles. The van der Waals surface area contributed by atoms with Gasteiger partial charge in [-0.15, -0.1) is 11.8 Å². The summed E-state index contributed by atoms with van der Waals surface area (Å²) in [5.74, 6) is 1.72. The van der Waals surface area contributed by atoms with E-state index in [1.807, 2.05) is 72.7 Å². The quantitative estimate of drug-likeness (QED) is 0.479. The second-order valence-electron chi connectivity index (χ2n) is 7.55. The van der Waals surface area contributed by atoms with Gasteiger partial charge < -0.3 is 4.90 Å². The van der Waals surface area contributed by atoms with Crippen molar-refractivity contribution in [2.75, 3.05) is 12.8 Å². The number of carbonyl (C=O) groups is 1. The Kier molecular flexibility index (Phi) is 8.76. The predicted octanol–water partition coefficient (Wildman–Crippen LogP) is 6.23. The van der Waals surface area contributed by atoms with Crippen molar-refractivity contribution in [3.8, 4) is 0 Å². The maximum atomic E-state index is 12.8. The molecule has 0 bridgehead atoms. The van der Waals surface area contributed by atoms with Gasteiger partial charge >= 0.3 is 0 Å². The van der Waals surface area contributed by atoms with Crippen LogP contribution in [0.25, 0.3) is 0 Å². The van der Waals surface area contributed by atoms with E-state index in [1.165, 1.54) is 31.2 Å². The van der Waals surface area contributed by atoms with Gasteiger partial charge in [-0.05, 0) is 49.6 Å². The Morgan fingerprint density at radius 1 is 1.14 bits per heavy atom. The number of amides is 1. The topological polar surface area (TPSA) is 33.2 Å². The number of benzene rings is 1. The van der Waals surface area contributed by atoms with E-state index < -0.39 is 0 Å². The summed E-state index contributed by atoms with van der Waals surface area (Å²) in [7, 11) is 1.88. The van der Waals surface area contributed by atoms with Crippen molar-refractivity contribution >= 4 is 41.0 Å². The molecular weight excluding hydrogens is 420 g/mol. The molecule has 0 N–H and O–H groups in total. The number of carbonyl (C=O) groups excluding carboxylic acids is 1. The van der Waals surface area contributed by atoms with Gasteiger partial charge in [-0.1, -0.05) is 42.6 Å². The molecule has 1 aromatic heterocycles. The molecular formula is C23H29ClN2OS2. The number of aromatic nitrogens is 1. The van der Waals surface area contributed by atoms with Crippen molar-refractivity contribution in [3.05, 3.63) is 64.9 Å². The van der Waals surface area contributed by atoms with Gasteiger partial charge in [0.05, 0.1) is 17.5 Å². The first-order valence-corrected chi connectivity index (χ1v) is 12.7. The van der Waals surface area contributed by atoms with Crippen molar-refractivity contribution in [1.82, 2.24) is 9.88 Å². The summed E-state index contributed by atoms with van der Waals surface area (Å²) in [5, 5.41) is 1.94. The SMILES string of the molecule is CC(c1ccccn1)N(C)C(=O)CSC1CCCCC1SCc1ccc(Cl)cc1. The van der Waals surface area contributed by atoms with E-state index in [1.54, 1.807) is 6.20 Å². The Balaban J connectivity index is 1.50. The van der Waals surface area contributed by atoms with Crippen molar-refractivity contribution in [3.63, 3.8) is 0 Å². The molecule has 3 rings (SSSR count). The lowest BCUT2D eigenvalue weighted by Gasteiger charge is -2.31. The third-order valence-corrected chi connectivity index (χ3v) is 8.85. The van der Waals surface area contributed by atoms with E-state index in [0.29, 0.717) is 16.3 Å². The molecule has 3 atom stereocenters. The number of hydrogen-bond donors (Lipinski definition) is 0. The van der Waals surface area contributed by atoms with Crippen molar-refractivity contribution < 1.29 is 4.79 Å². The van der Waals surface area contributed by atoms with Gasteiger partial charge in [0.25, 0.3) is 0 Å². The molecule has 1 saturated carbocycles. The van der Waals surface area contributed by atoms with E-state index in [4.69, 9.17) is 11.6 Å². The van der Waals surface area contributed by atoms with Crippen LogP contribution < -0.4 is 0 Å². The Morgan fingerprint density at radius 2 is 1.83 bits per heavy atom. The van der Waals surface area contributed by atoms with E-state index in [9.17, 15) is 4.79 Å². The molecule has 0 spiro atoms. The second kappa shape index (κ2) is 11.3. The number of thioether (sulfide) groups is 2. The third kappa shape index (κ3) is 6.66. The van der Waals surface area contributed by atoms with E-state index >= 15 is 0 Å². The van der Waals surface area contributed by atoms with Gasteiger partial charge in [-0.25, -0.2) is 0 Å². The fraction of sp³-hybridized carbons (Fsp3) is 0.478. The number of halogens is 1. The Hall–Kier alpha value is -1.17. The van der Waals surface area contributed by atoms with Gasteiger partial charge in [0, 0.05) is 34.5 Å². The fourth-order valence-electron chi connectivity index (χ4n) is 3.55. The second-order valence-corrected chi connectivity index (χ2v) is 10.4. The smallest absolute Gasteiger partial charge is 0.232 e. The maximum Gasteiger partial charge on any atom is 0.232 e. The average molecular weight is 449 g/mol. The molecule has 3 unspecified atom stereocenters. The molecule has 29 heavy (non-hydrogen) atoms. The standard InChI is InChI=1S/C23H29ClN2OS2/c1-17(20-7-5-6-14-25-20)26(2)23(27)16-29-22-9-4-3-8-21(22)28-15-18-10-12-19(24)13-11-18/h5-7,10-14,17,21-22H,3-4,8-9,15-16H2,1-2H3. The average Bonchev–Trinajstić information content (AvgIpc) is 2.77. The van der Waals surface area contributed by atoms with Gasteiger partial charge in [0.1, 0.15) is 0 Å².